The number of nitrogens with zero attached hydrogens (tertiary/aromatic N) is 2. The molecule has 1 aliphatic rings. The van der Waals surface area contributed by atoms with Gasteiger partial charge in [-0.05, 0) is 18.6 Å². The summed E-state index contributed by atoms with van der Waals surface area (Å²) in [4.78, 5) is 15.7. The van der Waals surface area contributed by atoms with Gasteiger partial charge in [0.1, 0.15) is 6.42 Å². The van der Waals surface area contributed by atoms with Crippen LogP contribution < -0.4 is 5.32 Å². The summed E-state index contributed by atoms with van der Waals surface area (Å²) in [5.41, 5.74) is -0.270. The molecule has 1 aliphatic heterocycles. The predicted molar refractivity (Wildman–Crippen MR) is 85.2 cm³/mol. The molecule has 0 spiro atoms. The summed E-state index contributed by atoms with van der Waals surface area (Å²) in [6.45, 7) is 1.81. The van der Waals surface area contributed by atoms with E-state index in [2.05, 4.69) is 10.3 Å². The van der Waals surface area contributed by atoms with Crippen LogP contribution >= 0.6 is 0 Å². The van der Waals surface area contributed by atoms with Gasteiger partial charge in [0.15, 0.2) is 0 Å². The highest BCUT2D eigenvalue weighted by Gasteiger charge is 2.50. The van der Waals surface area contributed by atoms with Crippen molar-refractivity contribution in [2.75, 3.05) is 25.4 Å². The van der Waals surface area contributed by atoms with Gasteiger partial charge >= 0.3 is 6.18 Å². The van der Waals surface area contributed by atoms with Crippen LogP contribution in [0.4, 0.5) is 13.2 Å². The van der Waals surface area contributed by atoms with Crippen molar-refractivity contribution in [2.24, 2.45) is 0 Å². The van der Waals surface area contributed by atoms with Crippen molar-refractivity contribution in [3.63, 3.8) is 0 Å². The highest BCUT2D eigenvalue weighted by molar-refractivity contribution is 7.89. The smallest absolute Gasteiger partial charge is 0.355 e. The van der Waals surface area contributed by atoms with Gasteiger partial charge in [0, 0.05) is 25.8 Å². The molecule has 1 N–H and O–H groups in total. The highest BCUT2D eigenvalue weighted by Crippen LogP contribution is 2.35. The molecule has 0 unspecified atom stereocenters. The molecule has 10 heteroatoms. The third-order valence-corrected chi connectivity index (χ3v) is 5.98. The van der Waals surface area contributed by atoms with Gasteiger partial charge < -0.3 is 5.32 Å². The molecule has 2 heterocycles. The zero-order valence-electron chi connectivity index (χ0n) is 13.7. The molecular weight excluding hydrogens is 359 g/mol. The van der Waals surface area contributed by atoms with Crippen molar-refractivity contribution in [3.05, 3.63) is 30.1 Å². The van der Waals surface area contributed by atoms with Crippen molar-refractivity contribution in [1.82, 2.24) is 14.6 Å². The highest BCUT2D eigenvalue weighted by atomic mass is 32.2. The van der Waals surface area contributed by atoms with Gasteiger partial charge in [0.2, 0.25) is 15.9 Å². The normalized spacial score (nSPS) is 17.8. The van der Waals surface area contributed by atoms with Gasteiger partial charge in [0.25, 0.3) is 0 Å². The summed E-state index contributed by atoms with van der Waals surface area (Å²) in [6, 6.07) is 5.08. The average Bonchev–Trinajstić information content (AvgIpc) is 2.45. The second-order valence-electron chi connectivity index (χ2n) is 6.15. The van der Waals surface area contributed by atoms with Crippen LogP contribution in [0.15, 0.2) is 24.4 Å². The van der Waals surface area contributed by atoms with E-state index in [1.807, 2.05) is 0 Å². The molecule has 25 heavy (non-hydrogen) atoms. The topological polar surface area (TPSA) is 79.4 Å². The van der Waals surface area contributed by atoms with E-state index < -0.39 is 33.9 Å². The first-order valence-electron chi connectivity index (χ1n) is 7.81. The van der Waals surface area contributed by atoms with Gasteiger partial charge in [-0.2, -0.15) is 17.5 Å². The van der Waals surface area contributed by atoms with E-state index in [0.717, 1.165) is 0 Å². The number of pyridine rings is 1. The molecule has 1 amide bonds. The van der Waals surface area contributed by atoms with Crippen LogP contribution in [0.1, 0.15) is 25.5 Å². The number of alkyl halides is 3. The third kappa shape index (κ3) is 4.91. The lowest BCUT2D eigenvalue weighted by Crippen LogP contribution is -2.65. The second kappa shape index (κ2) is 7.28. The number of halogens is 3. The fraction of sp³-hybridized carbons (Fsp3) is 0.600. The first kappa shape index (κ1) is 19.6. The van der Waals surface area contributed by atoms with E-state index in [1.165, 1.54) is 10.5 Å². The number of carbonyl (C=O) groups is 1. The van der Waals surface area contributed by atoms with Crippen molar-refractivity contribution in [3.8, 4) is 0 Å². The standard InChI is InChI=1S/C15H20F3N3O3S/c1-2-7-25(23,24)21-10-14(11-21,12-5-3-4-6-19-12)9-20-13(22)8-15(16,17)18/h3-6H,2,7-11H2,1H3,(H,20,22). The molecule has 0 aromatic carbocycles. The summed E-state index contributed by atoms with van der Waals surface area (Å²) in [5.74, 6) is -1.14. The van der Waals surface area contributed by atoms with Crippen molar-refractivity contribution < 1.29 is 26.4 Å². The van der Waals surface area contributed by atoms with E-state index in [4.69, 9.17) is 0 Å². The Morgan fingerprint density at radius 1 is 1.36 bits per heavy atom. The lowest BCUT2D eigenvalue weighted by molar-refractivity contribution is -0.154. The minimum absolute atomic E-state index is 0.00569. The number of rotatable bonds is 7. The average molecular weight is 379 g/mol. The van der Waals surface area contributed by atoms with Gasteiger partial charge in [0.05, 0.1) is 16.9 Å². The second-order valence-corrected chi connectivity index (χ2v) is 8.24. The van der Waals surface area contributed by atoms with Crippen LogP contribution in [0.2, 0.25) is 0 Å². The number of nitrogens with one attached hydrogen (secondary N) is 1. The summed E-state index contributed by atoms with van der Waals surface area (Å²) < 4.78 is 62.4. The summed E-state index contributed by atoms with van der Waals surface area (Å²) >= 11 is 0. The minimum Gasteiger partial charge on any atom is -0.355 e. The Morgan fingerprint density at radius 2 is 2.04 bits per heavy atom. The van der Waals surface area contributed by atoms with E-state index in [9.17, 15) is 26.4 Å². The quantitative estimate of drug-likeness (QED) is 0.778. The Labute approximate surface area is 144 Å². The lowest BCUT2D eigenvalue weighted by atomic mass is 9.78. The maximum absolute atomic E-state index is 12.3. The van der Waals surface area contributed by atoms with Crippen molar-refractivity contribution in [1.29, 1.82) is 0 Å². The molecule has 0 saturated carbocycles. The molecule has 1 aromatic rings. The Morgan fingerprint density at radius 3 is 2.56 bits per heavy atom. The van der Waals surface area contributed by atoms with Gasteiger partial charge in [-0.1, -0.05) is 13.0 Å². The van der Waals surface area contributed by atoms with Crippen molar-refractivity contribution >= 4 is 15.9 Å². The van der Waals surface area contributed by atoms with E-state index in [1.54, 1.807) is 25.1 Å². The number of carbonyl (C=O) groups excluding carboxylic acids is 1. The molecule has 140 valence electrons. The maximum Gasteiger partial charge on any atom is 0.397 e. The fourth-order valence-corrected chi connectivity index (χ4v) is 4.43. The largest absolute Gasteiger partial charge is 0.397 e. The van der Waals surface area contributed by atoms with E-state index in [-0.39, 0.29) is 25.4 Å². The monoisotopic (exact) mass is 379 g/mol. The number of hydrogen-bond donors (Lipinski definition) is 1. The van der Waals surface area contributed by atoms with Crippen molar-refractivity contribution in [2.45, 2.75) is 31.4 Å². The summed E-state index contributed by atoms with van der Waals surface area (Å²) in [6.07, 6.45) is -4.16. The molecule has 1 saturated heterocycles. The van der Waals surface area contributed by atoms with Crippen LogP contribution in [0.3, 0.4) is 0 Å². The SMILES string of the molecule is CCCS(=O)(=O)N1CC(CNC(=O)CC(F)(F)F)(c2ccccn2)C1. The zero-order chi connectivity index (χ0) is 18.7. The summed E-state index contributed by atoms with van der Waals surface area (Å²) in [5, 5.41) is 2.26. The molecule has 0 aliphatic carbocycles. The first-order valence-corrected chi connectivity index (χ1v) is 9.42. The van der Waals surface area contributed by atoms with Crippen LogP contribution in [-0.2, 0) is 20.2 Å². The van der Waals surface area contributed by atoms with Gasteiger partial charge in [-0.3, -0.25) is 9.78 Å². The number of sulfonamides is 1. The molecule has 0 bridgehead atoms. The minimum atomic E-state index is -4.58. The van der Waals surface area contributed by atoms with Gasteiger partial charge in [-0.15, -0.1) is 0 Å². The van der Waals surface area contributed by atoms with E-state index >= 15 is 0 Å². The van der Waals surface area contributed by atoms with Crippen LogP contribution in [-0.4, -0.2) is 55.2 Å². The molecule has 0 radical (unpaired) electrons. The molecular formula is C15H20F3N3O3S. The zero-order valence-corrected chi connectivity index (χ0v) is 14.5. The number of amides is 1. The van der Waals surface area contributed by atoms with Crippen LogP contribution in [0.25, 0.3) is 0 Å². The van der Waals surface area contributed by atoms with E-state index in [0.29, 0.717) is 12.1 Å². The lowest BCUT2D eigenvalue weighted by Gasteiger charge is -2.48. The summed E-state index contributed by atoms with van der Waals surface area (Å²) in [7, 11) is -3.41. The Hall–Kier alpha value is -1.68. The molecule has 6 nitrogen and oxygen atoms in total. The molecule has 1 aromatic heterocycles. The predicted octanol–water partition coefficient (Wildman–Crippen LogP) is 1.44. The fourth-order valence-electron chi connectivity index (χ4n) is 2.77. The number of hydrogen-bond acceptors (Lipinski definition) is 4. The molecule has 2 rings (SSSR count). The number of aromatic nitrogens is 1. The Kier molecular flexibility index (Phi) is 5.72. The molecule has 1 fully saturated rings. The van der Waals surface area contributed by atoms with Crippen LogP contribution in [0.5, 0.6) is 0 Å². The Bertz CT molecular complexity index is 702. The maximum atomic E-state index is 12.3. The van der Waals surface area contributed by atoms with Crippen LogP contribution in [0, 0.1) is 0 Å². The first-order chi connectivity index (χ1) is 11.6. The molecule has 0 atom stereocenters. The Balaban J connectivity index is 2.11. The third-order valence-electron chi connectivity index (χ3n) is 4.01. The van der Waals surface area contributed by atoms with Gasteiger partial charge in [-0.25, -0.2) is 8.42 Å².